The van der Waals surface area contributed by atoms with Crippen molar-refractivity contribution in [3.63, 3.8) is 0 Å². The number of hydrogen-bond donors (Lipinski definition) is 1. The van der Waals surface area contributed by atoms with Gasteiger partial charge in [0, 0.05) is 4.47 Å². The summed E-state index contributed by atoms with van der Waals surface area (Å²) in [6, 6.07) is 7.61. The molecule has 1 saturated carbocycles. The van der Waals surface area contributed by atoms with Gasteiger partial charge in [-0.2, -0.15) is 4.68 Å². The van der Waals surface area contributed by atoms with E-state index in [1.54, 1.807) is 11.6 Å². The van der Waals surface area contributed by atoms with Crippen molar-refractivity contribution in [2.45, 2.75) is 39.2 Å². The highest BCUT2D eigenvalue weighted by Crippen LogP contribution is 2.31. The van der Waals surface area contributed by atoms with Gasteiger partial charge in [0.15, 0.2) is 5.82 Å². The van der Waals surface area contributed by atoms with Crippen molar-refractivity contribution in [2.24, 2.45) is 5.92 Å². The van der Waals surface area contributed by atoms with Crippen molar-refractivity contribution in [3.8, 4) is 5.69 Å². The van der Waals surface area contributed by atoms with Gasteiger partial charge in [-0.25, -0.2) is 4.79 Å². The molecule has 1 atom stereocenters. The minimum atomic E-state index is -0.465. The Kier molecular flexibility index (Phi) is 4.66. The Labute approximate surface area is 143 Å². The number of carbonyl (C=O) groups excluding carboxylic acids is 1. The second-order valence-electron chi connectivity index (χ2n) is 5.84. The molecule has 3 rings (SSSR count). The van der Waals surface area contributed by atoms with E-state index >= 15 is 0 Å². The summed E-state index contributed by atoms with van der Waals surface area (Å²) in [4.78, 5) is 12.1. The largest absolute Gasteiger partial charge is 0.446 e. The minimum Gasteiger partial charge on any atom is -0.446 e. The topological polar surface area (TPSA) is 69.0 Å². The lowest BCUT2D eigenvalue weighted by Gasteiger charge is -2.30. The summed E-state index contributed by atoms with van der Waals surface area (Å²) < 4.78 is 8.03. The Hall–Kier alpha value is -1.89. The first-order chi connectivity index (χ1) is 11.0. The molecule has 1 aromatic heterocycles. The van der Waals surface area contributed by atoms with Crippen LogP contribution >= 0.6 is 15.9 Å². The van der Waals surface area contributed by atoms with Gasteiger partial charge >= 0.3 is 6.09 Å². The molecule has 0 aliphatic heterocycles. The summed E-state index contributed by atoms with van der Waals surface area (Å²) in [6.45, 7) is 3.74. The van der Waals surface area contributed by atoms with Crippen molar-refractivity contribution in [1.82, 2.24) is 15.0 Å². The molecule has 1 amide bonds. The van der Waals surface area contributed by atoms with E-state index in [2.05, 4.69) is 31.6 Å². The van der Waals surface area contributed by atoms with E-state index in [0.717, 1.165) is 23.0 Å². The molecule has 0 spiro atoms. The number of ether oxygens (including phenoxy) is 1. The highest BCUT2D eigenvalue weighted by atomic mass is 79.9. The van der Waals surface area contributed by atoms with Crippen molar-refractivity contribution in [3.05, 3.63) is 34.4 Å². The normalized spacial score (nSPS) is 15.8. The molecular weight excluding hydrogens is 360 g/mol. The van der Waals surface area contributed by atoms with Crippen LogP contribution < -0.4 is 5.32 Å². The molecule has 1 unspecified atom stereocenters. The maximum absolute atomic E-state index is 12.1. The zero-order valence-corrected chi connectivity index (χ0v) is 14.7. The number of nitrogens with zero attached hydrogens (tertiary/aromatic N) is 3. The first-order valence-electron chi connectivity index (χ1n) is 7.70. The van der Waals surface area contributed by atoms with Crippen LogP contribution in [0, 0.1) is 12.8 Å². The fourth-order valence-corrected chi connectivity index (χ4v) is 2.83. The third-order valence-corrected chi connectivity index (χ3v) is 4.77. The first kappa shape index (κ1) is 16.0. The van der Waals surface area contributed by atoms with Crippen LogP contribution in [0.2, 0.25) is 0 Å². The van der Waals surface area contributed by atoms with Gasteiger partial charge in [0.05, 0.1) is 5.69 Å². The molecule has 1 N–H and O–H groups in total. The Balaban J connectivity index is 1.73. The van der Waals surface area contributed by atoms with Crippen molar-refractivity contribution < 1.29 is 9.53 Å². The van der Waals surface area contributed by atoms with Crippen LogP contribution in [-0.2, 0) is 4.74 Å². The fourth-order valence-electron chi connectivity index (χ4n) is 2.56. The molecule has 1 aliphatic rings. The number of aryl methyl sites for hydroxylation is 1. The van der Waals surface area contributed by atoms with Crippen molar-refractivity contribution in [2.75, 3.05) is 5.32 Å². The number of rotatable bonds is 4. The van der Waals surface area contributed by atoms with Gasteiger partial charge in [-0.15, -0.1) is 5.10 Å². The molecule has 1 aromatic carbocycles. The standard InChI is InChI=1S/C16H19BrN4O2/c1-10-15(18-16(22)23-11(2)12-4-3-5-12)21(20-19-10)14-8-6-13(17)7-9-14/h6-9,11-12H,3-5H2,1-2H3,(H,18,22). The number of carbonyl (C=O) groups is 1. The maximum Gasteiger partial charge on any atom is 0.413 e. The molecule has 1 aliphatic carbocycles. The molecular formula is C16H19BrN4O2. The molecule has 122 valence electrons. The van der Waals surface area contributed by atoms with Crippen LogP contribution in [0.4, 0.5) is 10.6 Å². The van der Waals surface area contributed by atoms with Gasteiger partial charge in [-0.1, -0.05) is 27.6 Å². The summed E-state index contributed by atoms with van der Waals surface area (Å²) in [6.07, 6.45) is 2.95. The Morgan fingerprint density at radius 1 is 1.39 bits per heavy atom. The summed E-state index contributed by atoms with van der Waals surface area (Å²) in [7, 11) is 0. The first-order valence-corrected chi connectivity index (χ1v) is 8.50. The van der Waals surface area contributed by atoms with E-state index in [9.17, 15) is 4.79 Å². The molecule has 7 heteroatoms. The van der Waals surface area contributed by atoms with Gasteiger partial charge in [0.2, 0.25) is 0 Å². The van der Waals surface area contributed by atoms with Gasteiger partial charge in [-0.3, -0.25) is 5.32 Å². The Bertz CT molecular complexity index is 695. The maximum atomic E-state index is 12.1. The third-order valence-electron chi connectivity index (χ3n) is 4.24. The monoisotopic (exact) mass is 378 g/mol. The fraction of sp³-hybridized carbons (Fsp3) is 0.438. The highest BCUT2D eigenvalue weighted by molar-refractivity contribution is 9.10. The summed E-state index contributed by atoms with van der Waals surface area (Å²) in [5, 5.41) is 10.9. The van der Waals surface area contributed by atoms with Crippen molar-refractivity contribution in [1.29, 1.82) is 0 Å². The lowest BCUT2D eigenvalue weighted by atomic mass is 9.82. The molecule has 2 aromatic rings. The van der Waals surface area contributed by atoms with Gasteiger partial charge < -0.3 is 4.74 Å². The second kappa shape index (κ2) is 6.70. The van der Waals surface area contributed by atoms with Crippen LogP contribution in [-0.4, -0.2) is 27.2 Å². The molecule has 1 heterocycles. The summed E-state index contributed by atoms with van der Waals surface area (Å²) in [5.74, 6) is 1.01. The van der Waals surface area contributed by atoms with E-state index < -0.39 is 6.09 Å². The number of anilines is 1. The highest BCUT2D eigenvalue weighted by Gasteiger charge is 2.27. The predicted octanol–water partition coefficient (Wildman–Crippen LogP) is 4.08. The van der Waals surface area contributed by atoms with E-state index in [4.69, 9.17) is 4.74 Å². The molecule has 0 saturated heterocycles. The summed E-state index contributed by atoms with van der Waals surface area (Å²) >= 11 is 3.40. The summed E-state index contributed by atoms with van der Waals surface area (Å²) in [5.41, 5.74) is 1.46. The molecule has 6 nitrogen and oxygen atoms in total. The number of benzene rings is 1. The van der Waals surface area contributed by atoms with E-state index in [-0.39, 0.29) is 6.10 Å². The minimum absolute atomic E-state index is 0.0685. The number of halogens is 1. The molecule has 23 heavy (non-hydrogen) atoms. The van der Waals surface area contributed by atoms with E-state index in [1.165, 1.54) is 6.42 Å². The van der Waals surface area contributed by atoms with E-state index in [1.807, 2.05) is 31.2 Å². The molecule has 0 radical (unpaired) electrons. The molecule has 1 fully saturated rings. The SMILES string of the molecule is Cc1nnn(-c2ccc(Br)cc2)c1NC(=O)OC(C)C1CCC1. The van der Waals surface area contributed by atoms with Gasteiger partial charge in [0.1, 0.15) is 11.8 Å². The van der Waals surface area contributed by atoms with Crippen LogP contribution in [0.3, 0.4) is 0 Å². The number of amides is 1. The number of aromatic nitrogens is 3. The second-order valence-corrected chi connectivity index (χ2v) is 6.75. The Morgan fingerprint density at radius 2 is 2.09 bits per heavy atom. The van der Waals surface area contributed by atoms with Gasteiger partial charge in [-0.05, 0) is 56.9 Å². The molecule has 0 bridgehead atoms. The third kappa shape index (κ3) is 3.55. The van der Waals surface area contributed by atoms with Crippen LogP contribution in [0.1, 0.15) is 31.9 Å². The van der Waals surface area contributed by atoms with Crippen molar-refractivity contribution >= 4 is 27.8 Å². The number of hydrogen-bond acceptors (Lipinski definition) is 4. The average Bonchev–Trinajstić information content (AvgIpc) is 2.79. The van der Waals surface area contributed by atoms with Crippen LogP contribution in [0.25, 0.3) is 5.69 Å². The quantitative estimate of drug-likeness (QED) is 0.869. The van der Waals surface area contributed by atoms with Crippen LogP contribution in [0.15, 0.2) is 28.7 Å². The zero-order valence-electron chi connectivity index (χ0n) is 13.1. The number of nitrogens with one attached hydrogen (secondary N) is 1. The predicted molar refractivity (Wildman–Crippen MR) is 90.7 cm³/mol. The van der Waals surface area contributed by atoms with Gasteiger partial charge in [0.25, 0.3) is 0 Å². The average molecular weight is 379 g/mol. The van der Waals surface area contributed by atoms with E-state index in [0.29, 0.717) is 17.4 Å². The Morgan fingerprint density at radius 3 is 2.70 bits per heavy atom. The lowest BCUT2D eigenvalue weighted by molar-refractivity contribution is 0.0530. The smallest absolute Gasteiger partial charge is 0.413 e. The lowest BCUT2D eigenvalue weighted by Crippen LogP contribution is -2.31. The zero-order chi connectivity index (χ0) is 16.4. The van der Waals surface area contributed by atoms with Crippen LogP contribution in [0.5, 0.6) is 0 Å².